The highest BCUT2D eigenvalue weighted by Gasteiger charge is 2.15. The Morgan fingerprint density at radius 2 is 1.96 bits per heavy atom. The lowest BCUT2D eigenvalue weighted by molar-refractivity contribution is -0.147. The van der Waals surface area contributed by atoms with Crippen LogP contribution in [-0.4, -0.2) is 24.2 Å². The molecule has 0 bridgehead atoms. The lowest BCUT2D eigenvalue weighted by Crippen LogP contribution is -2.24. The van der Waals surface area contributed by atoms with Crippen molar-refractivity contribution >= 4 is 5.97 Å². The van der Waals surface area contributed by atoms with Crippen molar-refractivity contribution in [1.82, 2.24) is 4.98 Å². The van der Waals surface area contributed by atoms with E-state index in [4.69, 9.17) is 10.00 Å². The number of nitrogens with one attached hydrogen (secondary N) is 1. The number of ether oxygens (including phenoxy) is 2. The van der Waals surface area contributed by atoms with Crippen molar-refractivity contribution in [3.63, 3.8) is 0 Å². The van der Waals surface area contributed by atoms with Gasteiger partial charge in [-0.05, 0) is 37.6 Å². The number of H-pyrrole nitrogens is 1. The lowest BCUT2D eigenvalue weighted by atomic mass is 10.0. The van der Waals surface area contributed by atoms with Gasteiger partial charge in [-0.15, -0.1) is 0 Å². The molecule has 0 saturated heterocycles. The van der Waals surface area contributed by atoms with Gasteiger partial charge in [-0.2, -0.15) is 5.26 Å². The largest absolute Gasteiger partial charge is 0.479 e. The van der Waals surface area contributed by atoms with Crippen LogP contribution in [0.4, 0.5) is 0 Å². The summed E-state index contributed by atoms with van der Waals surface area (Å²) in [5, 5.41) is 9.17. The van der Waals surface area contributed by atoms with Crippen LogP contribution in [0.25, 0.3) is 11.1 Å². The summed E-state index contributed by atoms with van der Waals surface area (Å²) in [5.41, 5.74) is 1.59. The van der Waals surface area contributed by atoms with Gasteiger partial charge >= 0.3 is 5.97 Å². The number of esters is 1. The highest BCUT2D eigenvalue weighted by atomic mass is 16.6. The van der Waals surface area contributed by atoms with Crippen molar-refractivity contribution in [3.05, 3.63) is 51.9 Å². The van der Waals surface area contributed by atoms with Gasteiger partial charge in [-0.3, -0.25) is 4.79 Å². The third-order valence-corrected chi connectivity index (χ3v) is 3.29. The van der Waals surface area contributed by atoms with Crippen LogP contribution >= 0.6 is 0 Å². The number of aryl methyl sites for hydroxylation is 1. The van der Waals surface area contributed by atoms with E-state index in [1.165, 1.54) is 7.11 Å². The van der Waals surface area contributed by atoms with Gasteiger partial charge < -0.3 is 14.5 Å². The number of benzene rings is 1. The van der Waals surface area contributed by atoms with E-state index in [9.17, 15) is 9.59 Å². The Balaban J connectivity index is 2.33. The van der Waals surface area contributed by atoms with E-state index in [1.807, 2.05) is 6.07 Å². The molecule has 6 nitrogen and oxygen atoms in total. The zero-order valence-electron chi connectivity index (χ0n) is 13.0. The van der Waals surface area contributed by atoms with Crippen LogP contribution in [0.15, 0.2) is 35.1 Å². The predicted molar refractivity (Wildman–Crippen MR) is 84.1 cm³/mol. The molecule has 1 unspecified atom stereocenters. The molecular weight excluding hydrogens is 296 g/mol. The minimum absolute atomic E-state index is 0.0622. The number of nitriles is 1. The van der Waals surface area contributed by atoms with Crippen LogP contribution in [0.1, 0.15) is 18.2 Å². The summed E-state index contributed by atoms with van der Waals surface area (Å²) in [6, 6.07) is 10.5. The second kappa shape index (κ2) is 6.79. The molecule has 23 heavy (non-hydrogen) atoms. The number of carbonyl (C=O) groups is 1. The highest BCUT2D eigenvalue weighted by Crippen LogP contribution is 2.25. The molecule has 0 aliphatic rings. The third-order valence-electron chi connectivity index (χ3n) is 3.29. The molecule has 0 radical (unpaired) electrons. The normalized spacial score (nSPS) is 11.4. The Morgan fingerprint density at radius 1 is 1.30 bits per heavy atom. The lowest BCUT2D eigenvalue weighted by Gasteiger charge is -2.13. The number of carbonyl (C=O) groups excluding carboxylic acids is 1. The Hall–Kier alpha value is -3.07. The molecule has 6 heteroatoms. The number of pyridine rings is 1. The Morgan fingerprint density at radius 3 is 2.52 bits per heavy atom. The molecule has 2 rings (SSSR count). The van der Waals surface area contributed by atoms with E-state index in [2.05, 4.69) is 9.72 Å². The monoisotopic (exact) mass is 312 g/mol. The summed E-state index contributed by atoms with van der Waals surface area (Å²) < 4.78 is 10.1. The minimum atomic E-state index is -0.720. The Bertz CT molecular complexity index is 816. The van der Waals surface area contributed by atoms with E-state index in [1.54, 1.807) is 44.2 Å². The maximum absolute atomic E-state index is 11.8. The van der Waals surface area contributed by atoms with Crippen molar-refractivity contribution in [1.29, 1.82) is 5.26 Å². The molecule has 0 amide bonds. The van der Waals surface area contributed by atoms with Gasteiger partial charge in [-0.25, -0.2) is 4.79 Å². The first-order valence-electron chi connectivity index (χ1n) is 6.95. The fourth-order valence-corrected chi connectivity index (χ4v) is 2.16. The first-order valence-corrected chi connectivity index (χ1v) is 6.95. The fraction of sp³-hybridized carbons (Fsp3) is 0.235. The summed E-state index contributed by atoms with van der Waals surface area (Å²) in [7, 11) is 1.30. The van der Waals surface area contributed by atoms with Crippen LogP contribution in [0.5, 0.6) is 5.75 Å². The fourth-order valence-electron chi connectivity index (χ4n) is 2.16. The number of hydrogen-bond acceptors (Lipinski definition) is 5. The van der Waals surface area contributed by atoms with Gasteiger partial charge in [0.15, 0.2) is 6.10 Å². The number of aromatic nitrogens is 1. The van der Waals surface area contributed by atoms with Crippen LogP contribution < -0.4 is 10.3 Å². The van der Waals surface area contributed by atoms with Crippen LogP contribution in [0, 0.1) is 18.3 Å². The van der Waals surface area contributed by atoms with Gasteiger partial charge in [-0.1, -0.05) is 12.1 Å². The molecule has 1 aromatic carbocycles. The average molecular weight is 312 g/mol. The molecule has 0 saturated carbocycles. The van der Waals surface area contributed by atoms with Crippen molar-refractivity contribution in [2.75, 3.05) is 7.11 Å². The average Bonchev–Trinajstić information content (AvgIpc) is 2.54. The van der Waals surface area contributed by atoms with E-state index < -0.39 is 17.6 Å². The van der Waals surface area contributed by atoms with Crippen LogP contribution in [0.2, 0.25) is 0 Å². The molecule has 0 fully saturated rings. The molecule has 1 heterocycles. The maximum Gasteiger partial charge on any atom is 0.346 e. The molecule has 118 valence electrons. The summed E-state index contributed by atoms with van der Waals surface area (Å²) in [4.78, 5) is 25.8. The van der Waals surface area contributed by atoms with Crippen LogP contribution in [-0.2, 0) is 9.53 Å². The molecule has 0 aliphatic carbocycles. The molecule has 1 aromatic heterocycles. The van der Waals surface area contributed by atoms with Crippen molar-refractivity contribution in [2.45, 2.75) is 20.0 Å². The SMILES string of the molecule is COC(=O)C(C)Oc1ccc(-c2cc(C)[nH]c(=O)c2C#N)cc1. The quantitative estimate of drug-likeness (QED) is 0.873. The van der Waals surface area contributed by atoms with Gasteiger partial charge in [0.1, 0.15) is 17.4 Å². The predicted octanol–water partition coefficient (Wildman–Crippen LogP) is 2.16. The highest BCUT2D eigenvalue weighted by molar-refractivity contribution is 5.74. The third kappa shape index (κ3) is 3.58. The minimum Gasteiger partial charge on any atom is -0.479 e. The Kier molecular flexibility index (Phi) is 4.82. The van der Waals surface area contributed by atoms with Crippen LogP contribution in [0.3, 0.4) is 0 Å². The maximum atomic E-state index is 11.8. The molecule has 0 aliphatic heterocycles. The number of aromatic amines is 1. The van der Waals surface area contributed by atoms with E-state index in [-0.39, 0.29) is 5.56 Å². The second-order valence-corrected chi connectivity index (χ2v) is 4.99. The second-order valence-electron chi connectivity index (χ2n) is 4.99. The van der Waals surface area contributed by atoms with Gasteiger partial charge in [0, 0.05) is 11.3 Å². The summed E-state index contributed by atoms with van der Waals surface area (Å²) in [6.07, 6.45) is -0.720. The smallest absolute Gasteiger partial charge is 0.346 e. The van der Waals surface area contributed by atoms with Crippen molar-refractivity contribution < 1.29 is 14.3 Å². The van der Waals surface area contributed by atoms with E-state index >= 15 is 0 Å². The topological polar surface area (TPSA) is 92.2 Å². The van der Waals surface area contributed by atoms with E-state index in [0.717, 1.165) is 0 Å². The molecule has 1 N–H and O–H groups in total. The molecule has 2 aromatic rings. The Labute approximate surface area is 133 Å². The van der Waals surface area contributed by atoms with E-state index in [0.29, 0.717) is 22.6 Å². The van der Waals surface area contributed by atoms with Gasteiger partial charge in [0.2, 0.25) is 0 Å². The number of methoxy groups -OCH3 is 1. The molecule has 1 atom stereocenters. The van der Waals surface area contributed by atoms with Crippen molar-refractivity contribution in [2.24, 2.45) is 0 Å². The summed E-state index contributed by atoms with van der Waals surface area (Å²) in [6.45, 7) is 3.34. The summed E-state index contributed by atoms with van der Waals surface area (Å²) >= 11 is 0. The zero-order chi connectivity index (χ0) is 17.0. The van der Waals surface area contributed by atoms with Crippen molar-refractivity contribution in [3.8, 4) is 22.9 Å². The first kappa shape index (κ1) is 16.3. The first-order chi connectivity index (χ1) is 11.0. The number of nitrogens with zero attached hydrogens (tertiary/aromatic N) is 1. The molecule has 0 spiro atoms. The number of rotatable bonds is 4. The zero-order valence-corrected chi connectivity index (χ0v) is 13.0. The summed E-state index contributed by atoms with van der Waals surface area (Å²) in [5.74, 6) is 0.0257. The number of hydrogen-bond donors (Lipinski definition) is 1. The molecular formula is C17H16N2O4. The van der Waals surface area contributed by atoms with Gasteiger partial charge in [0.05, 0.1) is 7.11 Å². The van der Waals surface area contributed by atoms with Gasteiger partial charge in [0.25, 0.3) is 5.56 Å². The standard InChI is InChI=1S/C17H16N2O4/c1-10-8-14(15(9-18)16(20)19-10)12-4-6-13(7-5-12)23-11(2)17(21)22-3/h4-8,11H,1-3H3,(H,19,20).